The molecule has 0 aliphatic rings. The average molecular weight is 520 g/mol. The first-order valence-electron chi connectivity index (χ1n) is 11.0. The molecule has 1 aromatic heterocycles. The molecule has 2 aromatic carbocycles. The summed E-state index contributed by atoms with van der Waals surface area (Å²) < 4.78 is 40.3. The highest BCUT2D eigenvalue weighted by molar-refractivity contribution is 7.93. The van der Waals surface area contributed by atoms with E-state index in [1.54, 1.807) is 49.4 Å². The summed E-state index contributed by atoms with van der Waals surface area (Å²) in [6, 6.07) is 13.2. The van der Waals surface area contributed by atoms with Crippen LogP contribution in [0.15, 0.2) is 87.7 Å². The fourth-order valence-corrected chi connectivity index (χ4v) is 4.58. The van der Waals surface area contributed by atoms with Gasteiger partial charge < -0.3 is 14.6 Å². The largest absolute Gasteiger partial charge is 0.496 e. The van der Waals surface area contributed by atoms with Crippen molar-refractivity contribution in [1.29, 1.82) is 0 Å². The van der Waals surface area contributed by atoms with E-state index in [9.17, 15) is 13.2 Å². The van der Waals surface area contributed by atoms with E-state index in [1.165, 1.54) is 25.4 Å². The number of hydrogen-bond donors (Lipinski definition) is 2. The van der Waals surface area contributed by atoms with Gasteiger partial charge in [-0.1, -0.05) is 24.0 Å². The summed E-state index contributed by atoms with van der Waals surface area (Å²) in [5, 5.41) is 9.74. The molecule has 0 unspecified atom stereocenters. The molecule has 0 aliphatic heterocycles. The van der Waals surface area contributed by atoms with Gasteiger partial charge in [0.25, 0.3) is 10.0 Å². The highest BCUT2D eigenvalue weighted by Crippen LogP contribution is 2.31. The molecule has 0 bridgehead atoms. The van der Waals surface area contributed by atoms with E-state index in [1.807, 2.05) is 6.92 Å². The number of nitrogens with zero attached hydrogens (tertiary/aromatic N) is 2. The van der Waals surface area contributed by atoms with Crippen LogP contribution in [0.25, 0.3) is 10.9 Å². The van der Waals surface area contributed by atoms with Crippen molar-refractivity contribution >= 4 is 39.3 Å². The molecule has 0 atom stereocenters. The van der Waals surface area contributed by atoms with Crippen LogP contribution in [0, 0.1) is 11.8 Å². The molecule has 0 saturated heterocycles. The van der Waals surface area contributed by atoms with Gasteiger partial charge in [0, 0.05) is 28.8 Å². The van der Waals surface area contributed by atoms with Gasteiger partial charge in [-0.2, -0.15) is 0 Å². The Bertz CT molecular complexity index is 1580. The predicted molar refractivity (Wildman–Crippen MR) is 142 cm³/mol. The average Bonchev–Trinajstić information content (AvgIpc) is 2.88. The number of methoxy groups -OCH3 is 1. The second kappa shape index (κ2) is 11.9. The second-order valence-corrected chi connectivity index (χ2v) is 9.13. The number of carboxylic acid groups (broad SMARTS) is 1. The highest BCUT2D eigenvalue weighted by Gasteiger charge is 2.21. The Morgan fingerprint density at radius 3 is 2.65 bits per heavy atom. The summed E-state index contributed by atoms with van der Waals surface area (Å²) in [6.45, 7) is 7.14. The minimum atomic E-state index is -4.05. The van der Waals surface area contributed by atoms with Gasteiger partial charge in [-0.25, -0.2) is 13.2 Å². The minimum absolute atomic E-state index is 0.00433. The Morgan fingerprint density at radius 2 is 1.97 bits per heavy atom. The van der Waals surface area contributed by atoms with Crippen LogP contribution in [-0.2, 0) is 19.6 Å². The van der Waals surface area contributed by atoms with Gasteiger partial charge in [0.05, 0.1) is 24.9 Å². The van der Waals surface area contributed by atoms with Crippen molar-refractivity contribution in [3.63, 3.8) is 0 Å². The molecule has 3 aromatic rings. The number of aliphatic imine (C=N–C) groups is 1. The molecular formula is C27H25N3O6S. The van der Waals surface area contributed by atoms with Gasteiger partial charge >= 0.3 is 5.97 Å². The summed E-state index contributed by atoms with van der Waals surface area (Å²) in [5.74, 6) is 5.25. The molecule has 9 nitrogen and oxygen atoms in total. The summed E-state index contributed by atoms with van der Waals surface area (Å²) in [6.07, 6.45) is 2.73. The molecule has 3 rings (SSSR count). The number of carboxylic acids is 1. The van der Waals surface area contributed by atoms with Crippen LogP contribution >= 0.6 is 0 Å². The highest BCUT2D eigenvalue weighted by atomic mass is 32.2. The number of ether oxygens (including phenoxy) is 2. The zero-order chi connectivity index (χ0) is 27.0. The van der Waals surface area contributed by atoms with Gasteiger partial charge in [-0.15, -0.1) is 0 Å². The smallest absolute Gasteiger partial charge is 0.354 e. The van der Waals surface area contributed by atoms with Crippen LogP contribution in [0.1, 0.15) is 19.4 Å². The van der Waals surface area contributed by atoms with Crippen LogP contribution in [0.3, 0.4) is 0 Å². The van der Waals surface area contributed by atoms with Gasteiger partial charge in [0.1, 0.15) is 16.4 Å². The lowest BCUT2D eigenvalue weighted by Gasteiger charge is -2.13. The Morgan fingerprint density at radius 1 is 1.22 bits per heavy atom. The third kappa shape index (κ3) is 6.34. The van der Waals surface area contributed by atoms with Crippen LogP contribution in [-0.4, -0.2) is 44.9 Å². The van der Waals surface area contributed by atoms with Crippen LogP contribution in [0.4, 0.5) is 5.69 Å². The number of nitrogens with one attached hydrogen (secondary N) is 1. The summed E-state index contributed by atoms with van der Waals surface area (Å²) in [4.78, 5) is 18.9. The van der Waals surface area contributed by atoms with Crippen molar-refractivity contribution in [2.24, 2.45) is 4.99 Å². The molecule has 0 fully saturated rings. The maximum Gasteiger partial charge on any atom is 0.354 e. The number of aliphatic carboxylic acids is 1. The topological polar surface area (TPSA) is 127 Å². The number of allylic oxidation sites excluding steroid dienone is 2. The van der Waals surface area contributed by atoms with E-state index < -0.39 is 16.0 Å². The number of fused-ring (bicyclic) bond motifs is 1. The molecule has 37 heavy (non-hydrogen) atoms. The zero-order valence-electron chi connectivity index (χ0n) is 20.5. The molecule has 0 saturated carbocycles. The molecule has 0 amide bonds. The van der Waals surface area contributed by atoms with E-state index in [4.69, 9.17) is 14.6 Å². The quantitative estimate of drug-likeness (QED) is 0.141. The first-order valence-corrected chi connectivity index (χ1v) is 12.5. The lowest BCUT2D eigenvalue weighted by Crippen LogP contribution is -2.15. The van der Waals surface area contributed by atoms with Crippen molar-refractivity contribution in [2.75, 3.05) is 18.4 Å². The van der Waals surface area contributed by atoms with Crippen LogP contribution in [0.5, 0.6) is 5.75 Å². The van der Waals surface area contributed by atoms with Gasteiger partial charge in [0.2, 0.25) is 0 Å². The number of benzene rings is 2. The number of hydrogen-bond acceptors (Lipinski definition) is 7. The molecule has 0 spiro atoms. The first kappa shape index (κ1) is 27.0. The van der Waals surface area contributed by atoms with Gasteiger partial charge in [-0.05, 0) is 57.0 Å². The monoisotopic (exact) mass is 519 g/mol. The lowest BCUT2D eigenvalue weighted by atomic mass is 10.1. The van der Waals surface area contributed by atoms with Crippen molar-refractivity contribution in [1.82, 2.24) is 4.98 Å². The number of carbonyl (C=O) groups is 1. The van der Waals surface area contributed by atoms with Crippen LogP contribution in [0.2, 0.25) is 0 Å². The Kier molecular flexibility index (Phi) is 8.66. The van der Waals surface area contributed by atoms with E-state index >= 15 is 0 Å². The number of anilines is 1. The van der Waals surface area contributed by atoms with E-state index in [0.29, 0.717) is 28.9 Å². The Labute approximate surface area is 215 Å². The maximum atomic E-state index is 13.4. The SMILES string of the molecule is C=N/C(=C\C(OC)=C(/C)C#Cc1ccccc1NS(=O)(=O)c1ccc(OCC)c2cccnc12)C(=O)O. The molecular weight excluding hydrogens is 494 g/mol. The molecule has 0 radical (unpaired) electrons. The third-order valence-electron chi connectivity index (χ3n) is 5.08. The van der Waals surface area contributed by atoms with E-state index in [2.05, 4.69) is 33.3 Å². The maximum absolute atomic E-state index is 13.4. The zero-order valence-corrected chi connectivity index (χ0v) is 21.3. The predicted octanol–water partition coefficient (Wildman–Crippen LogP) is 4.38. The fraction of sp³-hybridized carbons (Fsp3) is 0.148. The van der Waals surface area contributed by atoms with Gasteiger partial charge in [0.15, 0.2) is 5.70 Å². The normalized spacial score (nSPS) is 12.1. The molecule has 0 aliphatic carbocycles. The number of aromatic nitrogens is 1. The summed E-state index contributed by atoms with van der Waals surface area (Å²) in [7, 11) is -2.68. The number of pyridine rings is 1. The minimum Gasteiger partial charge on any atom is -0.496 e. The summed E-state index contributed by atoms with van der Waals surface area (Å²) in [5.41, 5.74) is 1.04. The molecule has 2 N–H and O–H groups in total. The van der Waals surface area contributed by atoms with Crippen molar-refractivity contribution in [2.45, 2.75) is 18.7 Å². The number of para-hydroxylation sites is 1. The third-order valence-corrected chi connectivity index (χ3v) is 6.48. The number of rotatable bonds is 9. The fourth-order valence-electron chi connectivity index (χ4n) is 3.34. The summed E-state index contributed by atoms with van der Waals surface area (Å²) >= 11 is 0. The first-order chi connectivity index (χ1) is 17.7. The lowest BCUT2D eigenvalue weighted by molar-refractivity contribution is -0.132. The van der Waals surface area contributed by atoms with E-state index in [0.717, 1.165) is 0 Å². The Hall–Kier alpha value is -4.62. The second-order valence-electron chi connectivity index (χ2n) is 7.48. The van der Waals surface area contributed by atoms with Crippen molar-refractivity contribution in [3.05, 3.63) is 83.4 Å². The molecule has 10 heteroatoms. The van der Waals surface area contributed by atoms with Gasteiger partial charge in [-0.3, -0.25) is 14.7 Å². The van der Waals surface area contributed by atoms with Crippen LogP contribution < -0.4 is 9.46 Å². The van der Waals surface area contributed by atoms with Crippen molar-refractivity contribution in [3.8, 4) is 17.6 Å². The van der Waals surface area contributed by atoms with Crippen molar-refractivity contribution < 1.29 is 27.8 Å². The molecule has 1 heterocycles. The van der Waals surface area contributed by atoms with E-state index in [-0.39, 0.29) is 27.6 Å². The Balaban J connectivity index is 2.02. The standard InChI is InChI=1S/C27H25N3O6S/c1-5-36-23-14-15-25(26-20(23)10-8-16-29-26)37(33,34)30-21-11-7-6-9-19(21)13-12-18(2)24(35-4)17-22(28-3)27(31)32/h6-11,14-17,30H,3,5H2,1-2,4H3,(H,31,32)/b22-17-,24-18-. The molecule has 190 valence electrons. The number of sulfonamides is 1.